The summed E-state index contributed by atoms with van der Waals surface area (Å²) in [6, 6.07) is 0.193. The predicted molar refractivity (Wildman–Crippen MR) is 112 cm³/mol. The number of halogens is 1. The van der Waals surface area contributed by atoms with Gasteiger partial charge < -0.3 is 20.4 Å². The minimum Gasteiger partial charge on any atom is -0.355 e. The molecule has 3 rings (SSSR count). The Kier molecular flexibility index (Phi) is 7.12. The lowest BCUT2D eigenvalue weighted by atomic mass is 9.79. The van der Waals surface area contributed by atoms with Gasteiger partial charge in [-0.15, -0.1) is 24.0 Å². The Labute approximate surface area is 172 Å². The van der Waals surface area contributed by atoms with Crippen molar-refractivity contribution in [1.82, 2.24) is 25.8 Å². The van der Waals surface area contributed by atoms with Crippen LogP contribution in [0.1, 0.15) is 32.6 Å². The summed E-state index contributed by atoms with van der Waals surface area (Å²) in [5.74, 6) is 0.876. The smallest absolute Gasteiger partial charge is 0.322 e. The van der Waals surface area contributed by atoms with E-state index in [0.29, 0.717) is 6.04 Å². The second kappa shape index (κ2) is 8.73. The van der Waals surface area contributed by atoms with Crippen molar-refractivity contribution in [3.05, 3.63) is 0 Å². The molecule has 0 aromatic heterocycles. The largest absolute Gasteiger partial charge is 0.355 e. The average Bonchev–Trinajstić information content (AvgIpc) is 3.12. The number of piperidine rings is 1. The van der Waals surface area contributed by atoms with Gasteiger partial charge in [0.25, 0.3) is 5.91 Å². The van der Waals surface area contributed by atoms with Crippen molar-refractivity contribution in [2.24, 2.45) is 10.9 Å². The molecule has 0 bridgehead atoms. The zero-order valence-corrected chi connectivity index (χ0v) is 18.2. The van der Waals surface area contributed by atoms with E-state index in [1.54, 1.807) is 0 Å². The maximum atomic E-state index is 12.1. The van der Waals surface area contributed by atoms with Crippen molar-refractivity contribution in [3.63, 3.8) is 0 Å². The van der Waals surface area contributed by atoms with Gasteiger partial charge in [0.1, 0.15) is 5.54 Å². The van der Waals surface area contributed by atoms with E-state index in [9.17, 15) is 9.59 Å². The number of imide groups is 1. The Balaban J connectivity index is 0.00000243. The van der Waals surface area contributed by atoms with Gasteiger partial charge in [-0.25, -0.2) is 4.79 Å². The summed E-state index contributed by atoms with van der Waals surface area (Å²) in [5, 5.41) is 8.67. The number of urea groups is 1. The van der Waals surface area contributed by atoms with E-state index >= 15 is 0 Å². The summed E-state index contributed by atoms with van der Waals surface area (Å²) in [6.07, 6.45) is 4.21. The van der Waals surface area contributed by atoms with Crippen LogP contribution in [0, 0.1) is 5.92 Å². The second-order valence-corrected chi connectivity index (χ2v) is 7.58. The minimum atomic E-state index is -0.785. The fraction of sp³-hybridized carbons (Fsp3) is 0.824. The van der Waals surface area contributed by atoms with Gasteiger partial charge in [0, 0.05) is 32.7 Å². The van der Waals surface area contributed by atoms with Crippen molar-refractivity contribution in [3.8, 4) is 0 Å². The lowest BCUT2D eigenvalue weighted by Crippen LogP contribution is -2.56. The monoisotopic (exact) mass is 478 g/mol. The molecule has 3 heterocycles. The first-order valence-electron chi connectivity index (χ1n) is 9.23. The Morgan fingerprint density at radius 1 is 1.27 bits per heavy atom. The van der Waals surface area contributed by atoms with Crippen molar-refractivity contribution in [2.75, 3.05) is 40.3 Å². The van der Waals surface area contributed by atoms with Gasteiger partial charge in [0.15, 0.2) is 5.96 Å². The number of likely N-dealkylation sites (N-methyl/N-ethyl adjacent to an activating group) is 1. The number of nitrogens with zero attached hydrogens (tertiary/aromatic N) is 3. The van der Waals surface area contributed by atoms with Gasteiger partial charge in [-0.1, -0.05) is 0 Å². The minimum absolute atomic E-state index is 0. The maximum absolute atomic E-state index is 12.1. The van der Waals surface area contributed by atoms with E-state index in [1.807, 2.05) is 14.0 Å². The number of nitrogens with one attached hydrogen (secondary N) is 3. The molecule has 148 valence electrons. The zero-order chi connectivity index (χ0) is 18.0. The van der Waals surface area contributed by atoms with Crippen LogP contribution in [0.5, 0.6) is 0 Å². The Hall–Kier alpha value is -1.10. The molecule has 2 unspecified atom stereocenters. The molecule has 3 fully saturated rings. The van der Waals surface area contributed by atoms with Crippen LogP contribution in [0.4, 0.5) is 4.79 Å². The molecular weight excluding hydrogens is 447 g/mol. The first-order chi connectivity index (χ1) is 11.9. The number of hydrogen-bond acceptors (Lipinski definition) is 4. The van der Waals surface area contributed by atoms with Gasteiger partial charge in [-0.3, -0.25) is 15.1 Å². The summed E-state index contributed by atoms with van der Waals surface area (Å²) in [4.78, 5) is 32.7. The SMILES string of the molecule is CN=C(NCC1CCCN1C)N1CCC(C2(C)NC(=O)NC2=O)CC1.I. The molecule has 26 heavy (non-hydrogen) atoms. The highest BCUT2D eigenvalue weighted by atomic mass is 127. The van der Waals surface area contributed by atoms with Crippen LogP contribution in [-0.4, -0.2) is 79.6 Å². The number of rotatable bonds is 3. The van der Waals surface area contributed by atoms with E-state index in [0.717, 1.165) is 38.4 Å². The Morgan fingerprint density at radius 2 is 1.96 bits per heavy atom. The number of aliphatic imine (C=N–C) groups is 1. The van der Waals surface area contributed by atoms with Crippen molar-refractivity contribution < 1.29 is 9.59 Å². The third kappa shape index (κ3) is 4.24. The lowest BCUT2D eigenvalue weighted by Gasteiger charge is -2.40. The molecule has 0 aromatic carbocycles. The predicted octanol–water partition coefficient (Wildman–Crippen LogP) is 0.584. The Bertz CT molecular complexity index is 563. The number of hydrogen-bond donors (Lipinski definition) is 3. The Morgan fingerprint density at radius 3 is 2.46 bits per heavy atom. The lowest BCUT2D eigenvalue weighted by molar-refractivity contribution is -0.125. The molecule has 0 spiro atoms. The van der Waals surface area contributed by atoms with Gasteiger partial charge >= 0.3 is 6.03 Å². The van der Waals surface area contributed by atoms with Gasteiger partial charge in [-0.05, 0) is 52.1 Å². The third-order valence-electron chi connectivity index (χ3n) is 6.06. The maximum Gasteiger partial charge on any atom is 0.322 e. The number of amides is 3. The average molecular weight is 478 g/mol. The fourth-order valence-electron chi connectivity index (χ4n) is 4.29. The van der Waals surface area contributed by atoms with Crippen molar-refractivity contribution in [1.29, 1.82) is 0 Å². The summed E-state index contributed by atoms with van der Waals surface area (Å²) >= 11 is 0. The zero-order valence-electron chi connectivity index (χ0n) is 15.9. The van der Waals surface area contributed by atoms with Crippen LogP contribution in [-0.2, 0) is 4.79 Å². The van der Waals surface area contributed by atoms with Crippen molar-refractivity contribution >= 4 is 41.9 Å². The van der Waals surface area contributed by atoms with Crippen LogP contribution in [0.2, 0.25) is 0 Å². The molecular formula is C17H31IN6O2. The van der Waals surface area contributed by atoms with Crippen LogP contribution < -0.4 is 16.0 Å². The van der Waals surface area contributed by atoms with Crippen LogP contribution in [0.15, 0.2) is 4.99 Å². The third-order valence-corrected chi connectivity index (χ3v) is 6.06. The summed E-state index contributed by atoms with van der Waals surface area (Å²) in [7, 11) is 3.99. The molecule has 0 aliphatic carbocycles. The van der Waals surface area contributed by atoms with Crippen LogP contribution >= 0.6 is 24.0 Å². The number of carbonyl (C=O) groups is 2. The van der Waals surface area contributed by atoms with Gasteiger partial charge in [-0.2, -0.15) is 0 Å². The summed E-state index contributed by atoms with van der Waals surface area (Å²) < 4.78 is 0. The molecule has 3 aliphatic rings. The highest BCUT2D eigenvalue weighted by molar-refractivity contribution is 14.0. The highest BCUT2D eigenvalue weighted by Gasteiger charge is 2.48. The number of carbonyl (C=O) groups excluding carboxylic acids is 2. The molecule has 3 aliphatic heterocycles. The summed E-state index contributed by atoms with van der Waals surface area (Å²) in [6.45, 7) is 5.59. The quantitative estimate of drug-likeness (QED) is 0.239. The fourth-order valence-corrected chi connectivity index (χ4v) is 4.29. The van der Waals surface area contributed by atoms with E-state index in [-0.39, 0.29) is 41.8 Å². The normalized spacial score (nSPS) is 30.8. The van der Waals surface area contributed by atoms with E-state index in [1.165, 1.54) is 19.4 Å². The molecule has 3 saturated heterocycles. The number of guanidine groups is 1. The second-order valence-electron chi connectivity index (χ2n) is 7.58. The topological polar surface area (TPSA) is 89.1 Å². The van der Waals surface area contributed by atoms with Crippen LogP contribution in [0.25, 0.3) is 0 Å². The van der Waals surface area contributed by atoms with Gasteiger partial charge in [0.05, 0.1) is 0 Å². The molecule has 3 amide bonds. The molecule has 2 atom stereocenters. The molecule has 0 radical (unpaired) electrons. The first kappa shape index (κ1) is 21.2. The first-order valence-corrected chi connectivity index (χ1v) is 9.23. The molecule has 0 aromatic rings. The van der Waals surface area contributed by atoms with E-state index in [2.05, 4.69) is 37.8 Å². The molecule has 3 N–H and O–H groups in total. The number of likely N-dealkylation sites (tertiary alicyclic amines) is 2. The molecule has 9 heteroatoms. The molecule has 0 saturated carbocycles. The van der Waals surface area contributed by atoms with E-state index in [4.69, 9.17) is 0 Å². The molecule has 8 nitrogen and oxygen atoms in total. The summed E-state index contributed by atoms with van der Waals surface area (Å²) in [5.41, 5.74) is -0.785. The highest BCUT2D eigenvalue weighted by Crippen LogP contribution is 2.30. The van der Waals surface area contributed by atoms with Crippen molar-refractivity contribution in [2.45, 2.75) is 44.2 Å². The van der Waals surface area contributed by atoms with Crippen LogP contribution in [0.3, 0.4) is 0 Å². The van der Waals surface area contributed by atoms with Gasteiger partial charge in [0.2, 0.25) is 0 Å². The van der Waals surface area contributed by atoms with E-state index < -0.39 is 5.54 Å². The standard InChI is InChI=1S/C17H30N6O2.HI/c1-17(14(24)20-16(25)21-17)12-6-9-23(10-7-12)15(18-2)19-11-13-5-4-8-22(13)3;/h12-13H,4-11H2,1-3H3,(H,18,19)(H2,20,21,24,25);1H.